The SMILES string of the molecule is CCC(C)(CCBr)NC(=O)C1CCCC1. The van der Waals surface area contributed by atoms with E-state index in [9.17, 15) is 4.79 Å². The van der Waals surface area contributed by atoms with Crippen LogP contribution >= 0.6 is 15.9 Å². The summed E-state index contributed by atoms with van der Waals surface area (Å²) in [6.45, 7) is 4.28. The molecular formula is C12H22BrNO. The zero-order valence-electron chi connectivity index (χ0n) is 9.81. The molecule has 0 aliphatic heterocycles. The molecule has 1 unspecified atom stereocenters. The van der Waals surface area contributed by atoms with E-state index in [2.05, 4.69) is 35.1 Å². The van der Waals surface area contributed by atoms with Crippen LogP contribution in [-0.4, -0.2) is 16.8 Å². The number of alkyl halides is 1. The van der Waals surface area contributed by atoms with Crippen molar-refractivity contribution in [3.05, 3.63) is 0 Å². The van der Waals surface area contributed by atoms with E-state index in [0.29, 0.717) is 0 Å². The van der Waals surface area contributed by atoms with Gasteiger partial charge in [-0.05, 0) is 32.6 Å². The summed E-state index contributed by atoms with van der Waals surface area (Å²) in [6.07, 6.45) is 6.61. The van der Waals surface area contributed by atoms with Crippen molar-refractivity contribution < 1.29 is 4.79 Å². The maximum Gasteiger partial charge on any atom is 0.223 e. The summed E-state index contributed by atoms with van der Waals surface area (Å²) in [7, 11) is 0. The Morgan fingerprint density at radius 2 is 2.07 bits per heavy atom. The van der Waals surface area contributed by atoms with Gasteiger partial charge in [-0.15, -0.1) is 0 Å². The Bertz CT molecular complexity index is 214. The Labute approximate surface area is 101 Å². The second-order valence-corrected chi connectivity index (χ2v) is 5.62. The summed E-state index contributed by atoms with van der Waals surface area (Å²) in [5, 5.41) is 4.16. The third kappa shape index (κ3) is 3.78. The number of carbonyl (C=O) groups is 1. The van der Waals surface area contributed by atoms with Gasteiger partial charge in [-0.1, -0.05) is 35.7 Å². The lowest BCUT2D eigenvalue weighted by molar-refractivity contribution is -0.126. The highest BCUT2D eigenvalue weighted by molar-refractivity contribution is 9.09. The van der Waals surface area contributed by atoms with Gasteiger partial charge in [0, 0.05) is 16.8 Å². The van der Waals surface area contributed by atoms with Gasteiger partial charge < -0.3 is 5.32 Å². The molecule has 3 heteroatoms. The maximum absolute atomic E-state index is 12.0. The Morgan fingerprint density at radius 1 is 1.47 bits per heavy atom. The Balaban J connectivity index is 2.46. The molecule has 0 aromatic heterocycles. The van der Waals surface area contributed by atoms with Gasteiger partial charge in [0.1, 0.15) is 0 Å². The standard InChI is InChI=1S/C12H22BrNO/c1-3-12(2,8-9-13)14-11(15)10-6-4-5-7-10/h10H,3-9H2,1-2H3,(H,14,15). The van der Waals surface area contributed by atoms with E-state index < -0.39 is 0 Å². The number of hydrogen-bond donors (Lipinski definition) is 1. The number of halogens is 1. The first-order valence-corrected chi connectivity index (χ1v) is 7.11. The molecule has 0 spiro atoms. The molecule has 2 nitrogen and oxygen atoms in total. The largest absolute Gasteiger partial charge is 0.351 e. The van der Waals surface area contributed by atoms with Crippen molar-refractivity contribution in [1.29, 1.82) is 0 Å². The van der Waals surface area contributed by atoms with Crippen LogP contribution in [-0.2, 0) is 4.79 Å². The monoisotopic (exact) mass is 275 g/mol. The summed E-state index contributed by atoms with van der Waals surface area (Å²) < 4.78 is 0. The molecule has 15 heavy (non-hydrogen) atoms. The molecule has 0 bridgehead atoms. The van der Waals surface area contributed by atoms with Crippen molar-refractivity contribution >= 4 is 21.8 Å². The predicted octanol–water partition coefficient (Wildman–Crippen LogP) is 3.25. The summed E-state index contributed by atoms with van der Waals surface area (Å²) in [6, 6.07) is 0. The second-order valence-electron chi connectivity index (χ2n) is 4.82. The lowest BCUT2D eigenvalue weighted by Gasteiger charge is -2.30. The molecule has 1 N–H and O–H groups in total. The van der Waals surface area contributed by atoms with Crippen molar-refractivity contribution in [2.45, 2.75) is 57.9 Å². The van der Waals surface area contributed by atoms with E-state index in [1.165, 1.54) is 12.8 Å². The van der Waals surface area contributed by atoms with Crippen LogP contribution in [0.5, 0.6) is 0 Å². The summed E-state index contributed by atoms with van der Waals surface area (Å²) in [5.41, 5.74) is -0.0246. The smallest absolute Gasteiger partial charge is 0.223 e. The van der Waals surface area contributed by atoms with E-state index in [0.717, 1.165) is 31.0 Å². The van der Waals surface area contributed by atoms with Crippen molar-refractivity contribution in [1.82, 2.24) is 5.32 Å². The van der Waals surface area contributed by atoms with Crippen LogP contribution in [0, 0.1) is 5.92 Å². The third-order valence-electron chi connectivity index (χ3n) is 3.58. The number of amides is 1. The van der Waals surface area contributed by atoms with E-state index in [4.69, 9.17) is 0 Å². The minimum absolute atomic E-state index is 0.0246. The summed E-state index contributed by atoms with van der Waals surface area (Å²) >= 11 is 3.45. The van der Waals surface area contributed by atoms with E-state index in [1.807, 2.05) is 0 Å². The summed E-state index contributed by atoms with van der Waals surface area (Å²) in [5.74, 6) is 0.559. The van der Waals surface area contributed by atoms with Gasteiger partial charge in [-0.2, -0.15) is 0 Å². The van der Waals surface area contributed by atoms with Crippen LogP contribution in [0.2, 0.25) is 0 Å². The zero-order valence-corrected chi connectivity index (χ0v) is 11.4. The van der Waals surface area contributed by atoms with Crippen LogP contribution in [0.15, 0.2) is 0 Å². The molecule has 1 saturated carbocycles. The highest BCUT2D eigenvalue weighted by Crippen LogP contribution is 2.26. The number of carbonyl (C=O) groups excluding carboxylic acids is 1. The fraction of sp³-hybridized carbons (Fsp3) is 0.917. The zero-order chi connectivity index (χ0) is 11.3. The maximum atomic E-state index is 12.0. The number of rotatable bonds is 5. The summed E-state index contributed by atoms with van der Waals surface area (Å²) in [4.78, 5) is 12.0. The molecular weight excluding hydrogens is 254 g/mol. The number of nitrogens with one attached hydrogen (secondary N) is 1. The highest BCUT2D eigenvalue weighted by atomic mass is 79.9. The number of hydrogen-bond acceptors (Lipinski definition) is 1. The molecule has 1 atom stereocenters. The minimum atomic E-state index is -0.0246. The van der Waals surface area contributed by atoms with Gasteiger partial charge in [0.25, 0.3) is 0 Å². The van der Waals surface area contributed by atoms with Crippen LogP contribution in [0.1, 0.15) is 52.4 Å². The Morgan fingerprint density at radius 3 is 2.53 bits per heavy atom. The molecule has 88 valence electrons. The van der Waals surface area contributed by atoms with Crippen molar-refractivity contribution in [2.75, 3.05) is 5.33 Å². The molecule has 0 aromatic carbocycles. The van der Waals surface area contributed by atoms with Gasteiger partial charge in [-0.25, -0.2) is 0 Å². The average molecular weight is 276 g/mol. The van der Waals surface area contributed by atoms with Crippen LogP contribution in [0.4, 0.5) is 0 Å². The average Bonchev–Trinajstić information content (AvgIpc) is 2.71. The van der Waals surface area contributed by atoms with Gasteiger partial charge >= 0.3 is 0 Å². The lowest BCUT2D eigenvalue weighted by atomic mass is 9.94. The van der Waals surface area contributed by atoms with E-state index >= 15 is 0 Å². The highest BCUT2D eigenvalue weighted by Gasteiger charge is 2.29. The molecule has 1 aliphatic rings. The van der Waals surface area contributed by atoms with Crippen LogP contribution in [0.3, 0.4) is 0 Å². The first-order chi connectivity index (χ1) is 7.11. The van der Waals surface area contributed by atoms with Gasteiger partial charge in [0.15, 0.2) is 0 Å². The Kier molecular flexibility index (Phi) is 5.10. The fourth-order valence-corrected chi connectivity index (χ4v) is 3.00. The normalized spacial score (nSPS) is 21.3. The van der Waals surface area contributed by atoms with E-state index in [1.54, 1.807) is 0 Å². The second kappa shape index (κ2) is 5.88. The molecule has 1 rings (SSSR count). The van der Waals surface area contributed by atoms with Gasteiger partial charge in [-0.3, -0.25) is 4.79 Å². The topological polar surface area (TPSA) is 29.1 Å². The van der Waals surface area contributed by atoms with Crippen molar-refractivity contribution in [2.24, 2.45) is 5.92 Å². The minimum Gasteiger partial charge on any atom is -0.351 e. The van der Waals surface area contributed by atoms with Gasteiger partial charge in [0.2, 0.25) is 5.91 Å². The Hall–Kier alpha value is -0.0500. The van der Waals surface area contributed by atoms with Crippen LogP contribution < -0.4 is 5.32 Å². The molecule has 0 heterocycles. The lowest BCUT2D eigenvalue weighted by Crippen LogP contribution is -2.47. The molecule has 0 saturated heterocycles. The van der Waals surface area contributed by atoms with E-state index in [-0.39, 0.29) is 17.4 Å². The first-order valence-electron chi connectivity index (χ1n) is 5.99. The van der Waals surface area contributed by atoms with Crippen LogP contribution in [0.25, 0.3) is 0 Å². The van der Waals surface area contributed by atoms with Gasteiger partial charge in [0.05, 0.1) is 0 Å². The first kappa shape index (κ1) is 13.0. The van der Waals surface area contributed by atoms with Crippen molar-refractivity contribution in [3.63, 3.8) is 0 Å². The molecule has 0 radical (unpaired) electrons. The molecule has 0 aromatic rings. The molecule has 1 fully saturated rings. The predicted molar refractivity (Wildman–Crippen MR) is 67.2 cm³/mol. The molecule has 1 amide bonds. The molecule has 1 aliphatic carbocycles. The quantitative estimate of drug-likeness (QED) is 0.767. The third-order valence-corrected chi connectivity index (χ3v) is 3.97. The van der Waals surface area contributed by atoms with Crippen molar-refractivity contribution in [3.8, 4) is 0 Å². The fourth-order valence-electron chi connectivity index (χ4n) is 2.12.